The number of hydrogen-bond acceptors (Lipinski definition) is 2. The molecule has 0 aliphatic rings. The number of hydrogen-bond donors (Lipinski definition) is 0. The fraction of sp³-hybridized carbons (Fsp3) is 0.294. The number of pyridine rings is 1. The zero-order chi connectivity index (χ0) is 15.1. The van der Waals surface area contributed by atoms with Crippen LogP contribution in [0.5, 0.6) is 0 Å². The van der Waals surface area contributed by atoms with Gasteiger partial charge in [-0.05, 0) is 53.5 Å². The maximum atomic E-state index is 4.85. The second-order valence-electron chi connectivity index (χ2n) is 5.53. The van der Waals surface area contributed by atoms with Gasteiger partial charge >= 0.3 is 0 Å². The van der Waals surface area contributed by atoms with Crippen molar-refractivity contribution in [3.63, 3.8) is 0 Å². The Morgan fingerprint density at radius 1 is 1.24 bits per heavy atom. The number of imidazole rings is 1. The van der Waals surface area contributed by atoms with Crippen LogP contribution >= 0.6 is 15.9 Å². The minimum absolute atomic E-state index is 0.317. The summed E-state index contributed by atoms with van der Waals surface area (Å²) in [5.41, 5.74) is 5.04. The summed E-state index contributed by atoms with van der Waals surface area (Å²) in [5, 5.41) is 0. The van der Waals surface area contributed by atoms with E-state index in [9.17, 15) is 0 Å². The Kier molecular flexibility index (Phi) is 3.57. The van der Waals surface area contributed by atoms with Crippen molar-refractivity contribution in [1.82, 2.24) is 14.5 Å². The van der Waals surface area contributed by atoms with Gasteiger partial charge in [0.15, 0.2) is 5.65 Å². The zero-order valence-corrected chi connectivity index (χ0v) is 14.2. The van der Waals surface area contributed by atoms with E-state index in [1.54, 1.807) is 0 Å². The van der Waals surface area contributed by atoms with Crippen LogP contribution in [0.1, 0.15) is 36.8 Å². The van der Waals surface area contributed by atoms with Crippen LogP contribution in [0.25, 0.3) is 16.9 Å². The van der Waals surface area contributed by atoms with E-state index in [1.165, 1.54) is 0 Å². The molecule has 0 fully saturated rings. The Labute approximate surface area is 133 Å². The van der Waals surface area contributed by atoms with E-state index in [-0.39, 0.29) is 0 Å². The van der Waals surface area contributed by atoms with Gasteiger partial charge in [-0.3, -0.25) is 4.57 Å². The van der Waals surface area contributed by atoms with Crippen molar-refractivity contribution in [2.24, 2.45) is 0 Å². The summed E-state index contributed by atoms with van der Waals surface area (Å²) >= 11 is 3.61. The highest BCUT2D eigenvalue weighted by molar-refractivity contribution is 9.10. The molecular formula is C17H17BrN3. The molecule has 0 saturated heterocycles. The predicted molar refractivity (Wildman–Crippen MR) is 89.0 cm³/mol. The summed E-state index contributed by atoms with van der Waals surface area (Å²) < 4.78 is 3.18. The highest BCUT2D eigenvalue weighted by atomic mass is 79.9. The largest absolute Gasteiger partial charge is 0.280 e. The number of rotatable bonds is 2. The molecule has 0 N–H and O–H groups in total. The Hall–Kier alpha value is -1.68. The fourth-order valence-electron chi connectivity index (χ4n) is 2.53. The van der Waals surface area contributed by atoms with Gasteiger partial charge in [-0.15, -0.1) is 0 Å². The first-order valence-corrected chi connectivity index (χ1v) is 7.81. The second kappa shape index (κ2) is 5.26. The van der Waals surface area contributed by atoms with Crippen LogP contribution in [0.4, 0.5) is 0 Å². The molecule has 0 amide bonds. The molecule has 2 heterocycles. The van der Waals surface area contributed by atoms with Crippen molar-refractivity contribution in [1.29, 1.82) is 0 Å². The van der Waals surface area contributed by atoms with Crippen molar-refractivity contribution in [2.45, 2.75) is 33.6 Å². The molecule has 4 heteroatoms. The summed E-state index contributed by atoms with van der Waals surface area (Å²) in [5.74, 6) is 1.34. The van der Waals surface area contributed by atoms with Gasteiger partial charge in [0.1, 0.15) is 11.3 Å². The molecule has 0 bridgehead atoms. The van der Waals surface area contributed by atoms with Crippen LogP contribution in [0.3, 0.4) is 0 Å². The van der Waals surface area contributed by atoms with Gasteiger partial charge in [0.05, 0.1) is 5.69 Å². The molecule has 0 spiro atoms. The van der Waals surface area contributed by atoms with Gasteiger partial charge in [0.25, 0.3) is 0 Å². The highest BCUT2D eigenvalue weighted by Crippen LogP contribution is 2.31. The summed E-state index contributed by atoms with van der Waals surface area (Å²) in [6.07, 6.45) is 0. The summed E-state index contributed by atoms with van der Waals surface area (Å²) in [4.78, 5) is 9.60. The molecule has 3 rings (SSSR count). The monoisotopic (exact) mass is 342 g/mol. The summed E-state index contributed by atoms with van der Waals surface area (Å²) in [6.45, 7) is 8.41. The van der Waals surface area contributed by atoms with Gasteiger partial charge in [0, 0.05) is 16.1 Å². The minimum Gasteiger partial charge on any atom is -0.280 e. The van der Waals surface area contributed by atoms with E-state index in [0.717, 1.165) is 38.4 Å². The Morgan fingerprint density at radius 2 is 2.00 bits per heavy atom. The summed E-state index contributed by atoms with van der Waals surface area (Å²) in [7, 11) is 0. The average molecular weight is 343 g/mol. The Morgan fingerprint density at radius 3 is 2.62 bits per heavy atom. The van der Waals surface area contributed by atoms with Crippen LogP contribution in [-0.2, 0) is 0 Å². The normalized spacial score (nSPS) is 11.5. The Bertz CT molecular complexity index is 804. The van der Waals surface area contributed by atoms with Gasteiger partial charge < -0.3 is 0 Å². The van der Waals surface area contributed by atoms with E-state index >= 15 is 0 Å². The average Bonchev–Trinajstić information content (AvgIpc) is 2.85. The van der Waals surface area contributed by atoms with Crippen molar-refractivity contribution in [2.75, 3.05) is 0 Å². The smallest absolute Gasteiger partial charge is 0.165 e. The predicted octanol–water partition coefficient (Wildman–Crippen LogP) is 4.72. The molecular weight excluding hydrogens is 326 g/mol. The van der Waals surface area contributed by atoms with E-state index in [1.807, 2.05) is 25.1 Å². The lowest BCUT2D eigenvalue weighted by molar-refractivity contribution is 0.757. The maximum Gasteiger partial charge on any atom is 0.165 e. The third-order valence-electron chi connectivity index (χ3n) is 3.62. The minimum atomic E-state index is 0.317. The zero-order valence-electron chi connectivity index (χ0n) is 12.6. The van der Waals surface area contributed by atoms with Crippen molar-refractivity contribution in [3.8, 4) is 5.69 Å². The van der Waals surface area contributed by atoms with Crippen LogP contribution in [0.2, 0.25) is 0 Å². The third kappa shape index (κ3) is 2.27. The molecule has 21 heavy (non-hydrogen) atoms. The molecule has 107 valence electrons. The number of benzene rings is 1. The maximum absolute atomic E-state index is 4.85. The lowest BCUT2D eigenvalue weighted by Gasteiger charge is -2.11. The Balaban J connectivity index is 2.44. The van der Waals surface area contributed by atoms with Gasteiger partial charge in [-0.25, -0.2) is 9.97 Å². The van der Waals surface area contributed by atoms with Crippen LogP contribution in [0.15, 0.2) is 28.7 Å². The van der Waals surface area contributed by atoms with Gasteiger partial charge in [-0.1, -0.05) is 26.0 Å². The van der Waals surface area contributed by atoms with Crippen molar-refractivity contribution >= 4 is 27.1 Å². The number of aromatic nitrogens is 3. The lowest BCUT2D eigenvalue weighted by Crippen LogP contribution is -2.04. The first-order valence-electron chi connectivity index (χ1n) is 7.02. The molecule has 0 unspecified atom stereocenters. The van der Waals surface area contributed by atoms with Gasteiger partial charge in [-0.2, -0.15) is 0 Å². The SMILES string of the molecule is Cc1nc2c(nc(C(C)C)n2-c2c[c]ccc2)c(C)c1Br. The first-order chi connectivity index (χ1) is 10.0. The lowest BCUT2D eigenvalue weighted by atomic mass is 10.2. The number of aryl methyl sites for hydroxylation is 2. The van der Waals surface area contributed by atoms with Crippen LogP contribution < -0.4 is 0 Å². The van der Waals surface area contributed by atoms with Crippen molar-refractivity contribution in [3.05, 3.63) is 51.9 Å². The molecule has 0 aliphatic heterocycles. The molecule has 3 nitrogen and oxygen atoms in total. The topological polar surface area (TPSA) is 30.7 Å². The molecule has 2 aromatic heterocycles. The molecule has 3 aromatic rings. The van der Waals surface area contributed by atoms with E-state index in [4.69, 9.17) is 9.97 Å². The molecule has 0 aliphatic carbocycles. The van der Waals surface area contributed by atoms with Crippen molar-refractivity contribution < 1.29 is 0 Å². The number of nitrogens with zero attached hydrogens (tertiary/aromatic N) is 3. The van der Waals surface area contributed by atoms with E-state index < -0.39 is 0 Å². The second-order valence-corrected chi connectivity index (χ2v) is 6.32. The van der Waals surface area contributed by atoms with Crippen LogP contribution in [0, 0.1) is 19.9 Å². The first kappa shape index (κ1) is 14.3. The van der Waals surface area contributed by atoms with E-state index in [0.29, 0.717) is 5.92 Å². The fourth-order valence-corrected chi connectivity index (χ4v) is 2.81. The number of fused-ring (bicyclic) bond motifs is 1. The molecule has 0 saturated carbocycles. The quantitative estimate of drug-likeness (QED) is 0.674. The highest BCUT2D eigenvalue weighted by Gasteiger charge is 2.19. The van der Waals surface area contributed by atoms with E-state index in [2.05, 4.69) is 53.4 Å². The number of halogens is 1. The van der Waals surface area contributed by atoms with Crippen LogP contribution in [-0.4, -0.2) is 14.5 Å². The standard InChI is InChI=1S/C17H17BrN3/c1-10(2)16-20-15-11(3)14(18)12(4)19-17(15)21(16)13-8-6-5-7-9-13/h5-6,8-10H,1-4H3. The van der Waals surface area contributed by atoms with Gasteiger partial charge in [0.2, 0.25) is 0 Å². The summed E-state index contributed by atoms with van der Waals surface area (Å²) in [6, 6.07) is 11.1. The third-order valence-corrected chi connectivity index (χ3v) is 4.79. The molecule has 1 aromatic carbocycles. The molecule has 0 atom stereocenters. The molecule has 1 radical (unpaired) electrons.